The van der Waals surface area contributed by atoms with Crippen molar-refractivity contribution in [2.24, 2.45) is 5.41 Å². The lowest BCUT2D eigenvalue weighted by atomic mass is 9.71. The Morgan fingerprint density at radius 3 is 2.69 bits per heavy atom. The maximum absolute atomic E-state index is 11.6. The van der Waals surface area contributed by atoms with Gasteiger partial charge in [0.25, 0.3) is 0 Å². The van der Waals surface area contributed by atoms with Gasteiger partial charge in [-0.05, 0) is 19.3 Å². The number of rotatable bonds is 0. The van der Waals surface area contributed by atoms with E-state index in [0.717, 1.165) is 24.8 Å². The summed E-state index contributed by atoms with van der Waals surface area (Å²) in [5, 5.41) is 9.82. The lowest BCUT2D eigenvalue weighted by molar-refractivity contribution is -0.116. The first-order valence-corrected chi connectivity index (χ1v) is 4.97. The van der Waals surface area contributed by atoms with Crippen LogP contribution in [0.4, 0.5) is 0 Å². The van der Waals surface area contributed by atoms with E-state index >= 15 is 0 Å². The molecule has 2 aliphatic rings. The Morgan fingerprint density at radius 2 is 2.00 bits per heavy atom. The number of allylic oxidation sites excluding steroid dienone is 1. The van der Waals surface area contributed by atoms with Crippen LogP contribution in [-0.2, 0) is 4.79 Å². The van der Waals surface area contributed by atoms with Gasteiger partial charge in [0.15, 0.2) is 5.78 Å². The molecule has 72 valence electrons. The second-order valence-electron chi connectivity index (χ2n) is 4.68. The molecule has 0 amide bonds. The van der Waals surface area contributed by atoms with Gasteiger partial charge in [0.2, 0.25) is 0 Å². The van der Waals surface area contributed by atoms with Crippen LogP contribution in [0, 0.1) is 5.41 Å². The molecule has 0 saturated carbocycles. The molecule has 13 heavy (non-hydrogen) atoms. The van der Waals surface area contributed by atoms with Crippen LogP contribution in [0.2, 0.25) is 0 Å². The predicted octanol–water partition coefficient (Wildman–Crippen LogP) is 1.83. The minimum absolute atomic E-state index is 0.263. The smallest absolute Gasteiger partial charge is 0.159 e. The van der Waals surface area contributed by atoms with E-state index in [9.17, 15) is 9.90 Å². The van der Waals surface area contributed by atoms with Crippen molar-refractivity contribution in [2.75, 3.05) is 0 Å². The normalized spacial score (nSPS) is 32.2. The maximum atomic E-state index is 11.6. The second kappa shape index (κ2) is 2.68. The van der Waals surface area contributed by atoms with Gasteiger partial charge in [-0.1, -0.05) is 19.4 Å². The summed E-state index contributed by atoms with van der Waals surface area (Å²) in [6, 6.07) is 0. The van der Waals surface area contributed by atoms with Crippen LogP contribution < -0.4 is 0 Å². The van der Waals surface area contributed by atoms with Crippen molar-refractivity contribution in [3.8, 4) is 0 Å². The van der Waals surface area contributed by atoms with Crippen molar-refractivity contribution in [2.45, 2.75) is 45.6 Å². The molecule has 0 fully saturated rings. The first-order valence-electron chi connectivity index (χ1n) is 4.97. The highest BCUT2D eigenvalue weighted by atomic mass is 16.3. The number of aliphatic hydroxyl groups is 1. The quantitative estimate of drug-likeness (QED) is 0.617. The van der Waals surface area contributed by atoms with Gasteiger partial charge < -0.3 is 5.11 Å². The van der Waals surface area contributed by atoms with Crippen molar-refractivity contribution in [1.29, 1.82) is 0 Å². The van der Waals surface area contributed by atoms with Crippen LogP contribution in [0.25, 0.3) is 0 Å². The third-order valence-electron chi connectivity index (χ3n) is 3.48. The molecular formula is C11H16O2. The molecule has 0 saturated heterocycles. The summed E-state index contributed by atoms with van der Waals surface area (Å²) >= 11 is 0. The molecule has 1 atom stereocenters. The number of hydrogen-bond acceptors (Lipinski definition) is 2. The first kappa shape index (κ1) is 8.95. The van der Waals surface area contributed by atoms with Crippen molar-refractivity contribution >= 4 is 5.78 Å². The van der Waals surface area contributed by atoms with Crippen LogP contribution >= 0.6 is 0 Å². The Morgan fingerprint density at radius 1 is 1.31 bits per heavy atom. The van der Waals surface area contributed by atoms with Crippen molar-refractivity contribution in [1.82, 2.24) is 0 Å². The molecule has 0 bridgehead atoms. The lowest BCUT2D eigenvalue weighted by Crippen LogP contribution is -2.36. The molecule has 0 aromatic carbocycles. The van der Waals surface area contributed by atoms with E-state index in [4.69, 9.17) is 0 Å². The van der Waals surface area contributed by atoms with Gasteiger partial charge in [0.05, 0.1) is 6.10 Å². The zero-order chi connectivity index (χ0) is 9.64. The number of carbonyl (C=O) groups excluding carboxylic acids is 1. The third kappa shape index (κ3) is 1.16. The first-order chi connectivity index (χ1) is 6.03. The topological polar surface area (TPSA) is 37.3 Å². The van der Waals surface area contributed by atoms with E-state index < -0.39 is 0 Å². The highest BCUT2D eigenvalue weighted by Crippen LogP contribution is 2.45. The van der Waals surface area contributed by atoms with Crippen LogP contribution in [-0.4, -0.2) is 17.0 Å². The summed E-state index contributed by atoms with van der Waals surface area (Å²) in [6.07, 6.45) is 3.00. The average molecular weight is 180 g/mol. The van der Waals surface area contributed by atoms with Crippen LogP contribution in [0.5, 0.6) is 0 Å². The summed E-state index contributed by atoms with van der Waals surface area (Å²) in [6.45, 7) is 3.96. The fraction of sp³-hybridized carbons (Fsp3) is 0.727. The molecule has 1 N–H and O–H groups in total. The van der Waals surface area contributed by atoms with Gasteiger partial charge in [-0.3, -0.25) is 4.79 Å². The molecule has 0 radical (unpaired) electrons. The molecule has 0 aliphatic heterocycles. The molecule has 2 nitrogen and oxygen atoms in total. The summed E-state index contributed by atoms with van der Waals surface area (Å²) in [5.41, 5.74) is 1.94. The van der Waals surface area contributed by atoms with Gasteiger partial charge in [-0.15, -0.1) is 0 Å². The molecule has 2 aliphatic carbocycles. The van der Waals surface area contributed by atoms with Crippen molar-refractivity contribution in [3.63, 3.8) is 0 Å². The Bertz CT molecular complexity index is 286. The Kier molecular flexibility index (Phi) is 1.84. The summed E-state index contributed by atoms with van der Waals surface area (Å²) in [5.74, 6) is 0.263. The van der Waals surface area contributed by atoms with Crippen molar-refractivity contribution < 1.29 is 9.90 Å². The van der Waals surface area contributed by atoms with E-state index in [-0.39, 0.29) is 17.3 Å². The molecule has 2 heteroatoms. The van der Waals surface area contributed by atoms with Gasteiger partial charge in [-0.2, -0.15) is 0 Å². The average Bonchev–Trinajstić information content (AvgIpc) is 2.41. The van der Waals surface area contributed by atoms with E-state index in [2.05, 4.69) is 0 Å². The lowest BCUT2D eigenvalue weighted by Gasteiger charge is -2.36. The predicted molar refractivity (Wildman–Crippen MR) is 50.3 cm³/mol. The maximum Gasteiger partial charge on any atom is 0.159 e. The van der Waals surface area contributed by atoms with Gasteiger partial charge >= 0.3 is 0 Å². The minimum atomic E-state index is -0.340. The monoisotopic (exact) mass is 180 g/mol. The number of aliphatic hydroxyl groups excluding tert-OH is 1. The minimum Gasteiger partial charge on any atom is -0.392 e. The zero-order valence-electron chi connectivity index (χ0n) is 8.26. The number of hydrogen-bond donors (Lipinski definition) is 1. The molecule has 0 aromatic rings. The largest absolute Gasteiger partial charge is 0.392 e. The number of ketones is 1. The number of carbonyl (C=O) groups is 1. The van der Waals surface area contributed by atoms with E-state index in [1.165, 1.54) is 5.57 Å². The van der Waals surface area contributed by atoms with Gasteiger partial charge in [0, 0.05) is 17.4 Å². The highest BCUT2D eigenvalue weighted by molar-refractivity contribution is 6.00. The summed E-state index contributed by atoms with van der Waals surface area (Å²) in [4.78, 5) is 11.6. The van der Waals surface area contributed by atoms with Crippen molar-refractivity contribution in [3.05, 3.63) is 11.1 Å². The van der Waals surface area contributed by atoms with E-state index in [1.54, 1.807) is 0 Å². The Labute approximate surface area is 78.6 Å². The van der Waals surface area contributed by atoms with E-state index in [1.807, 2.05) is 13.8 Å². The molecule has 0 unspecified atom stereocenters. The standard InChI is InChI=1S/C11H16O2/c1-11(2)9(13)6-4-7-3-5-8(12)10(7)11/h9,13H,3-6H2,1-2H3/t9-/m1/s1. The SMILES string of the molecule is CC1(C)C2=C(CCC2=O)CC[C@H]1O. The van der Waals surface area contributed by atoms with E-state index in [0.29, 0.717) is 6.42 Å². The molecular weight excluding hydrogens is 164 g/mol. The molecule has 2 rings (SSSR count). The van der Waals surface area contributed by atoms with Gasteiger partial charge in [-0.25, -0.2) is 0 Å². The summed E-state index contributed by atoms with van der Waals surface area (Å²) in [7, 11) is 0. The molecule has 0 aromatic heterocycles. The zero-order valence-corrected chi connectivity index (χ0v) is 8.26. The Hall–Kier alpha value is -0.630. The Balaban J connectivity index is 2.45. The van der Waals surface area contributed by atoms with Gasteiger partial charge in [0.1, 0.15) is 0 Å². The summed E-state index contributed by atoms with van der Waals surface area (Å²) < 4.78 is 0. The second-order valence-corrected chi connectivity index (χ2v) is 4.68. The molecule has 0 heterocycles. The fourth-order valence-electron chi connectivity index (χ4n) is 2.61. The molecule has 0 spiro atoms. The number of Topliss-reactive ketones (excluding diaryl/α,β-unsaturated/α-hetero) is 1. The highest BCUT2D eigenvalue weighted by Gasteiger charge is 2.42. The third-order valence-corrected chi connectivity index (χ3v) is 3.48. The van der Waals surface area contributed by atoms with Crippen LogP contribution in [0.3, 0.4) is 0 Å². The van der Waals surface area contributed by atoms with Crippen LogP contribution in [0.1, 0.15) is 39.5 Å². The fourth-order valence-corrected chi connectivity index (χ4v) is 2.61. The van der Waals surface area contributed by atoms with Crippen LogP contribution in [0.15, 0.2) is 11.1 Å².